The van der Waals surface area contributed by atoms with Crippen molar-refractivity contribution >= 4 is 28.6 Å². The quantitative estimate of drug-likeness (QED) is 0.531. The minimum absolute atomic E-state index is 0.0244. The Kier molecular flexibility index (Phi) is 5.43. The molecule has 4 rings (SSSR count). The number of fused-ring (bicyclic) bond motifs is 1. The Morgan fingerprint density at radius 1 is 1.21 bits per heavy atom. The molecule has 1 aliphatic carbocycles. The molecular formula is C21H22N4O2S. The predicted octanol–water partition coefficient (Wildman–Crippen LogP) is 3.24. The highest BCUT2D eigenvalue weighted by Crippen LogP contribution is 2.22. The summed E-state index contributed by atoms with van der Waals surface area (Å²) in [5.74, 6) is 0.737. The Hall–Kier alpha value is -2.67. The number of amides is 1. The summed E-state index contributed by atoms with van der Waals surface area (Å²) in [6, 6.07) is 11.3. The Labute approximate surface area is 167 Å². The van der Waals surface area contributed by atoms with Gasteiger partial charge in [0, 0.05) is 12.2 Å². The van der Waals surface area contributed by atoms with Crippen LogP contribution in [0.1, 0.15) is 31.2 Å². The van der Waals surface area contributed by atoms with Gasteiger partial charge in [-0.2, -0.15) is 0 Å². The molecule has 0 spiro atoms. The molecule has 0 bridgehead atoms. The first-order valence-electron chi connectivity index (χ1n) is 9.49. The van der Waals surface area contributed by atoms with Crippen molar-refractivity contribution in [1.82, 2.24) is 19.9 Å². The van der Waals surface area contributed by atoms with Gasteiger partial charge in [-0.05, 0) is 43.5 Å². The number of thioether (sulfide) groups is 1. The van der Waals surface area contributed by atoms with Crippen LogP contribution in [0, 0.1) is 6.92 Å². The molecule has 3 aromatic rings. The van der Waals surface area contributed by atoms with E-state index in [1.807, 2.05) is 37.3 Å². The molecular weight excluding hydrogens is 372 g/mol. The number of aromatic nitrogens is 3. The van der Waals surface area contributed by atoms with E-state index in [2.05, 4.69) is 15.3 Å². The molecule has 2 aromatic heterocycles. The second kappa shape index (κ2) is 8.14. The molecule has 2 heterocycles. The van der Waals surface area contributed by atoms with Gasteiger partial charge in [-0.25, -0.2) is 14.5 Å². The second-order valence-corrected chi connectivity index (χ2v) is 7.98. The molecule has 6 nitrogen and oxygen atoms in total. The molecule has 1 N–H and O–H groups in total. The van der Waals surface area contributed by atoms with Crippen molar-refractivity contribution in [2.45, 2.75) is 43.8 Å². The van der Waals surface area contributed by atoms with Gasteiger partial charge in [0.05, 0.1) is 16.7 Å². The first-order chi connectivity index (χ1) is 13.6. The summed E-state index contributed by atoms with van der Waals surface area (Å²) < 4.78 is 1.52. The fraction of sp³-hybridized carbons (Fsp3) is 0.333. The summed E-state index contributed by atoms with van der Waals surface area (Å²) in [7, 11) is 0. The van der Waals surface area contributed by atoms with Crippen LogP contribution in [0.5, 0.6) is 0 Å². The van der Waals surface area contributed by atoms with E-state index in [9.17, 15) is 9.59 Å². The zero-order chi connectivity index (χ0) is 19.5. The lowest BCUT2D eigenvalue weighted by molar-refractivity contribution is -0.119. The molecule has 0 unspecified atom stereocenters. The summed E-state index contributed by atoms with van der Waals surface area (Å²) in [4.78, 5) is 34.6. The lowest BCUT2D eigenvalue weighted by Gasteiger charge is -2.15. The topological polar surface area (TPSA) is 76.9 Å². The van der Waals surface area contributed by atoms with Crippen molar-refractivity contribution in [3.8, 4) is 5.82 Å². The van der Waals surface area contributed by atoms with Crippen molar-refractivity contribution in [3.63, 3.8) is 0 Å². The number of carbonyl (C=O) groups is 1. The van der Waals surface area contributed by atoms with Crippen LogP contribution in [0.2, 0.25) is 0 Å². The smallest absolute Gasteiger partial charge is 0.267 e. The van der Waals surface area contributed by atoms with E-state index >= 15 is 0 Å². The van der Waals surface area contributed by atoms with Crippen LogP contribution in [0.25, 0.3) is 16.7 Å². The molecule has 0 saturated heterocycles. The molecule has 1 aromatic carbocycles. The highest BCUT2D eigenvalue weighted by molar-refractivity contribution is 7.99. The van der Waals surface area contributed by atoms with Gasteiger partial charge in [0.15, 0.2) is 5.16 Å². The van der Waals surface area contributed by atoms with Crippen LogP contribution in [-0.2, 0) is 4.79 Å². The predicted molar refractivity (Wildman–Crippen MR) is 111 cm³/mol. The van der Waals surface area contributed by atoms with Crippen LogP contribution in [0.15, 0.2) is 52.5 Å². The third kappa shape index (κ3) is 3.80. The fourth-order valence-corrected chi connectivity index (χ4v) is 4.38. The minimum atomic E-state index is -0.175. The van der Waals surface area contributed by atoms with Crippen molar-refractivity contribution in [3.05, 3.63) is 58.5 Å². The number of para-hydroxylation sites is 1. The van der Waals surface area contributed by atoms with E-state index in [4.69, 9.17) is 0 Å². The lowest BCUT2D eigenvalue weighted by Crippen LogP contribution is -2.34. The van der Waals surface area contributed by atoms with Gasteiger partial charge in [-0.15, -0.1) is 0 Å². The third-order valence-corrected chi connectivity index (χ3v) is 5.93. The van der Waals surface area contributed by atoms with Crippen LogP contribution < -0.4 is 10.9 Å². The zero-order valence-corrected chi connectivity index (χ0v) is 16.5. The Bertz CT molecular complexity index is 1070. The number of pyridine rings is 1. The maximum atomic E-state index is 13.2. The summed E-state index contributed by atoms with van der Waals surface area (Å²) in [5.41, 5.74) is 1.32. The highest BCUT2D eigenvalue weighted by Gasteiger charge is 2.19. The average molecular weight is 395 g/mol. The zero-order valence-electron chi connectivity index (χ0n) is 15.7. The highest BCUT2D eigenvalue weighted by atomic mass is 32.2. The molecule has 1 aliphatic rings. The number of nitrogens with zero attached hydrogens (tertiary/aromatic N) is 3. The summed E-state index contributed by atoms with van der Waals surface area (Å²) in [6.07, 6.45) is 6.09. The normalized spacial score (nSPS) is 14.5. The van der Waals surface area contributed by atoms with Gasteiger partial charge in [-0.1, -0.05) is 42.8 Å². The molecule has 0 radical (unpaired) electrons. The second-order valence-electron chi connectivity index (χ2n) is 7.03. The van der Waals surface area contributed by atoms with Crippen LogP contribution in [0.4, 0.5) is 0 Å². The number of carbonyl (C=O) groups excluding carboxylic acids is 1. The van der Waals surface area contributed by atoms with Gasteiger partial charge < -0.3 is 5.32 Å². The molecule has 1 fully saturated rings. The monoisotopic (exact) mass is 394 g/mol. The Morgan fingerprint density at radius 3 is 2.79 bits per heavy atom. The number of rotatable bonds is 5. The van der Waals surface area contributed by atoms with Gasteiger partial charge in [0.2, 0.25) is 5.91 Å². The molecule has 0 aliphatic heterocycles. The Morgan fingerprint density at radius 2 is 2.00 bits per heavy atom. The van der Waals surface area contributed by atoms with E-state index in [1.165, 1.54) is 29.2 Å². The van der Waals surface area contributed by atoms with E-state index in [-0.39, 0.29) is 23.3 Å². The number of benzene rings is 1. The minimum Gasteiger partial charge on any atom is -0.353 e. The largest absolute Gasteiger partial charge is 0.353 e. The average Bonchev–Trinajstić information content (AvgIpc) is 3.20. The molecule has 1 amide bonds. The van der Waals surface area contributed by atoms with E-state index in [1.54, 1.807) is 12.3 Å². The van der Waals surface area contributed by atoms with Crippen LogP contribution in [-0.4, -0.2) is 32.2 Å². The third-order valence-electron chi connectivity index (χ3n) is 4.99. The van der Waals surface area contributed by atoms with Crippen molar-refractivity contribution in [2.75, 3.05) is 5.75 Å². The van der Waals surface area contributed by atoms with Crippen LogP contribution >= 0.6 is 11.8 Å². The lowest BCUT2D eigenvalue weighted by atomic mass is 10.2. The SMILES string of the molecule is Cc1cccnc1-n1c(SCC(=O)NC2CCCC2)nc2ccccc2c1=O. The van der Waals surface area contributed by atoms with Gasteiger partial charge >= 0.3 is 0 Å². The van der Waals surface area contributed by atoms with E-state index in [0.29, 0.717) is 21.9 Å². The van der Waals surface area contributed by atoms with Crippen molar-refractivity contribution < 1.29 is 4.79 Å². The standard InChI is InChI=1S/C21H22N4O2S/c1-14-7-6-12-22-19(14)25-20(27)16-10-4-5-11-17(16)24-21(25)28-13-18(26)23-15-8-2-3-9-15/h4-7,10-12,15H,2-3,8-9,13H2,1H3,(H,23,26). The van der Waals surface area contributed by atoms with E-state index in [0.717, 1.165) is 18.4 Å². The van der Waals surface area contributed by atoms with Gasteiger partial charge in [-0.3, -0.25) is 9.59 Å². The summed E-state index contributed by atoms with van der Waals surface area (Å²) >= 11 is 1.27. The molecule has 28 heavy (non-hydrogen) atoms. The van der Waals surface area contributed by atoms with Gasteiger partial charge in [0.25, 0.3) is 5.56 Å². The van der Waals surface area contributed by atoms with Crippen LogP contribution in [0.3, 0.4) is 0 Å². The first kappa shape index (κ1) is 18.7. The first-order valence-corrected chi connectivity index (χ1v) is 10.5. The molecule has 144 valence electrons. The van der Waals surface area contributed by atoms with E-state index < -0.39 is 0 Å². The molecule has 7 heteroatoms. The van der Waals surface area contributed by atoms with Gasteiger partial charge in [0.1, 0.15) is 5.82 Å². The summed E-state index contributed by atoms with van der Waals surface area (Å²) in [5, 5.41) is 4.09. The van der Waals surface area contributed by atoms with Crippen molar-refractivity contribution in [1.29, 1.82) is 0 Å². The maximum absolute atomic E-state index is 13.2. The maximum Gasteiger partial charge on any atom is 0.267 e. The summed E-state index contributed by atoms with van der Waals surface area (Å²) in [6.45, 7) is 1.91. The molecule has 0 atom stereocenters. The number of hydrogen-bond acceptors (Lipinski definition) is 5. The number of nitrogens with one attached hydrogen (secondary N) is 1. The molecule has 1 saturated carbocycles. The fourth-order valence-electron chi connectivity index (χ4n) is 3.58. The van der Waals surface area contributed by atoms with Crippen molar-refractivity contribution in [2.24, 2.45) is 0 Å². The number of hydrogen-bond donors (Lipinski definition) is 1. The number of aryl methyl sites for hydroxylation is 1. The Balaban J connectivity index is 1.70.